The summed E-state index contributed by atoms with van der Waals surface area (Å²) in [4.78, 5) is 15.9. The fourth-order valence-electron chi connectivity index (χ4n) is 1.55. The Morgan fingerprint density at radius 3 is 3.12 bits per heavy atom. The van der Waals surface area contributed by atoms with Crippen molar-refractivity contribution >= 4 is 5.78 Å². The molecule has 0 radical (unpaired) electrons. The molecule has 4 nitrogen and oxygen atoms in total. The standard InChI is InChI=1S/C12H19N3O/c1-3-5-10(13)11(16)9-12-14-6-8-15(12)7-4-2/h3,6,8,10H,1,4-5,7,9,13H2,2H3. The van der Waals surface area contributed by atoms with Gasteiger partial charge in [-0.3, -0.25) is 4.79 Å². The van der Waals surface area contributed by atoms with E-state index in [1.54, 1.807) is 12.3 Å². The van der Waals surface area contributed by atoms with E-state index in [0.29, 0.717) is 12.8 Å². The van der Waals surface area contributed by atoms with Gasteiger partial charge in [0.2, 0.25) is 0 Å². The monoisotopic (exact) mass is 221 g/mol. The summed E-state index contributed by atoms with van der Waals surface area (Å²) >= 11 is 0. The van der Waals surface area contributed by atoms with Gasteiger partial charge in [0.05, 0.1) is 12.5 Å². The quantitative estimate of drug-likeness (QED) is 0.706. The van der Waals surface area contributed by atoms with Crippen LogP contribution in [0.25, 0.3) is 0 Å². The van der Waals surface area contributed by atoms with Crippen molar-refractivity contribution in [3.63, 3.8) is 0 Å². The second kappa shape index (κ2) is 6.23. The van der Waals surface area contributed by atoms with Crippen LogP contribution in [0.2, 0.25) is 0 Å². The zero-order valence-corrected chi connectivity index (χ0v) is 9.72. The van der Waals surface area contributed by atoms with E-state index in [1.165, 1.54) is 0 Å². The Labute approximate surface area is 96.2 Å². The third-order valence-corrected chi connectivity index (χ3v) is 2.43. The molecule has 0 saturated heterocycles. The zero-order valence-electron chi connectivity index (χ0n) is 9.72. The maximum absolute atomic E-state index is 11.7. The molecule has 1 aromatic heterocycles. The molecule has 0 aliphatic rings. The van der Waals surface area contributed by atoms with Crippen LogP contribution in [-0.4, -0.2) is 21.4 Å². The molecular formula is C12H19N3O. The average Bonchev–Trinajstić information content (AvgIpc) is 2.67. The third-order valence-electron chi connectivity index (χ3n) is 2.43. The van der Waals surface area contributed by atoms with Gasteiger partial charge in [0.1, 0.15) is 5.82 Å². The number of nitrogens with zero attached hydrogens (tertiary/aromatic N) is 2. The number of hydrogen-bond donors (Lipinski definition) is 1. The molecule has 0 aliphatic carbocycles. The van der Waals surface area contributed by atoms with E-state index < -0.39 is 6.04 Å². The lowest BCUT2D eigenvalue weighted by molar-refractivity contribution is -0.119. The minimum atomic E-state index is -0.454. The number of Topliss-reactive ketones (excluding diaryl/α,β-unsaturated/α-hetero) is 1. The van der Waals surface area contributed by atoms with Crippen LogP contribution in [0.4, 0.5) is 0 Å². The second-order valence-corrected chi connectivity index (χ2v) is 3.81. The van der Waals surface area contributed by atoms with Crippen molar-refractivity contribution in [1.82, 2.24) is 9.55 Å². The summed E-state index contributed by atoms with van der Waals surface area (Å²) in [6.45, 7) is 6.55. The van der Waals surface area contributed by atoms with Gasteiger partial charge in [-0.2, -0.15) is 0 Å². The van der Waals surface area contributed by atoms with Crippen LogP contribution >= 0.6 is 0 Å². The summed E-state index contributed by atoms with van der Waals surface area (Å²) in [6, 6.07) is -0.454. The number of aryl methyl sites for hydroxylation is 1. The molecule has 0 aromatic carbocycles. The van der Waals surface area contributed by atoms with Crippen LogP contribution in [-0.2, 0) is 17.8 Å². The van der Waals surface area contributed by atoms with Crippen molar-refractivity contribution in [3.05, 3.63) is 30.9 Å². The smallest absolute Gasteiger partial charge is 0.157 e. The van der Waals surface area contributed by atoms with Gasteiger partial charge in [-0.1, -0.05) is 13.0 Å². The highest BCUT2D eigenvalue weighted by Gasteiger charge is 2.15. The van der Waals surface area contributed by atoms with Gasteiger partial charge in [-0.15, -0.1) is 6.58 Å². The molecule has 0 amide bonds. The Kier molecular flexibility index (Phi) is 4.92. The molecule has 1 unspecified atom stereocenters. The molecule has 0 saturated carbocycles. The molecule has 16 heavy (non-hydrogen) atoms. The number of carbonyl (C=O) groups is 1. The Morgan fingerprint density at radius 1 is 1.75 bits per heavy atom. The lowest BCUT2D eigenvalue weighted by Gasteiger charge is -2.09. The van der Waals surface area contributed by atoms with E-state index >= 15 is 0 Å². The fraction of sp³-hybridized carbons (Fsp3) is 0.500. The van der Waals surface area contributed by atoms with E-state index in [2.05, 4.69) is 18.5 Å². The van der Waals surface area contributed by atoms with Crippen LogP contribution in [0.15, 0.2) is 25.0 Å². The maximum Gasteiger partial charge on any atom is 0.157 e. The van der Waals surface area contributed by atoms with E-state index in [9.17, 15) is 4.79 Å². The summed E-state index contributed by atoms with van der Waals surface area (Å²) in [7, 11) is 0. The number of imidazole rings is 1. The topological polar surface area (TPSA) is 60.9 Å². The fourth-order valence-corrected chi connectivity index (χ4v) is 1.55. The van der Waals surface area contributed by atoms with E-state index in [1.807, 2.05) is 10.8 Å². The van der Waals surface area contributed by atoms with Crippen molar-refractivity contribution in [1.29, 1.82) is 0 Å². The Bertz CT molecular complexity index is 357. The first-order chi connectivity index (χ1) is 7.69. The number of carbonyl (C=O) groups excluding carboxylic acids is 1. The number of rotatable bonds is 7. The van der Waals surface area contributed by atoms with Crippen molar-refractivity contribution in [3.8, 4) is 0 Å². The molecule has 4 heteroatoms. The summed E-state index contributed by atoms with van der Waals surface area (Å²) < 4.78 is 2.00. The number of nitrogens with two attached hydrogens (primary N) is 1. The molecule has 2 N–H and O–H groups in total. The summed E-state index contributed by atoms with van der Waals surface area (Å²) in [5.41, 5.74) is 5.71. The van der Waals surface area contributed by atoms with Crippen LogP contribution in [0.1, 0.15) is 25.6 Å². The normalized spacial score (nSPS) is 12.4. The predicted molar refractivity (Wildman–Crippen MR) is 64.0 cm³/mol. The van der Waals surface area contributed by atoms with Crippen LogP contribution < -0.4 is 5.73 Å². The Morgan fingerprint density at radius 2 is 2.50 bits per heavy atom. The van der Waals surface area contributed by atoms with Gasteiger partial charge in [0.15, 0.2) is 5.78 Å². The van der Waals surface area contributed by atoms with E-state index in [-0.39, 0.29) is 5.78 Å². The first-order valence-corrected chi connectivity index (χ1v) is 5.58. The Hall–Kier alpha value is -1.42. The maximum atomic E-state index is 11.7. The average molecular weight is 221 g/mol. The van der Waals surface area contributed by atoms with Crippen LogP contribution in [0.5, 0.6) is 0 Å². The molecule has 0 fully saturated rings. The summed E-state index contributed by atoms with van der Waals surface area (Å²) in [6.07, 6.45) is 7.13. The van der Waals surface area contributed by atoms with Crippen molar-refractivity contribution < 1.29 is 4.79 Å². The molecule has 0 spiro atoms. The lowest BCUT2D eigenvalue weighted by Crippen LogP contribution is -2.31. The summed E-state index contributed by atoms with van der Waals surface area (Å²) in [5.74, 6) is 0.815. The molecule has 1 rings (SSSR count). The van der Waals surface area contributed by atoms with Crippen LogP contribution in [0.3, 0.4) is 0 Å². The van der Waals surface area contributed by atoms with Gasteiger partial charge < -0.3 is 10.3 Å². The molecule has 1 atom stereocenters. The van der Waals surface area contributed by atoms with Crippen LogP contribution in [0, 0.1) is 0 Å². The zero-order chi connectivity index (χ0) is 12.0. The Balaban J connectivity index is 2.61. The van der Waals surface area contributed by atoms with Gasteiger partial charge in [-0.05, 0) is 12.8 Å². The molecule has 1 aromatic rings. The minimum absolute atomic E-state index is 0.0171. The molecule has 0 bridgehead atoms. The highest BCUT2D eigenvalue weighted by molar-refractivity contribution is 5.85. The van der Waals surface area contributed by atoms with Crippen molar-refractivity contribution in [2.75, 3.05) is 0 Å². The highest BCUT2D eigenvalue weighted by Crippen LogP contribution is 2.03. The van der Waals surface area contributed by atoms with E-state index in [4.69, 9.17) is 5.73 Å². The van der Waals surface area contributed by atoms with Gasteiger partial charge in [0, 0.05) is 18.9 Å². The van der Waals surface area contributed by atoms with Crippen molar-refractivity contribution in [2.45, 2.75) is 38.8 Å². The summed E-state index contributed by atoms with van der Waals surface area (Å²) in [5, 5.41) is 0. The minimum Gasteiger partial charge on any atom is -0.335 e. The van der Waals surface area contributed by atoms with Gasteiger partial charge in [0.25, 0.3) is 0 Å². The third kappa shape index (κ3) is 3.31. The van der Waals surface area contributed by atoms with E-state index in [0.717, 1.165) is 18.8 Å². The first-order valence-electron chi connectivity index (χ1n) is 5.58. The SMILES string of the molecule is C=CCC(N)C(=O)Cc1nccn1CCC. The van der Waals surface area contributed by atoms with Crippen molar-refractivity contribution in [2.24, 2.45) is 5.73 Å². The molecule has 1 heterocycles. The molecular weight excluding hydrogens is 202 g/mol. The highest BCUT2D eigenvalue weighted by atomic mass is 16.1. The first kappa shape index (κ1) is 12.6. The second-order valence-electron chi connectivity index (χ2n) is 3.81. The number of aromatic nitrogens is 2. The molecule has 0 aliphatic heterocycles. The van der Waals surface area contributed by atoms with Gasteiger partial charge >= 0.3 is 0 Å². The number of ketones is 1. The lowest BCUT2D eigenvalue weighted by atomic mass is 10.1. The predicted octanol–water partition coefficient (Wildman–Crippen LogP) is 1.31. The number of hydrogen-bond acceptors (Lipinski definition) is 3. The van der Waals surface area contributed by atoms with Gasteiger partial charge in [-0.25, -0.2) is 4.98 Å². The molecule has 88 valence electrons. The largest absolute Gasteiger partial charge is 0.335 e.